The van der Waals surface area contributed by atoms with Gasteiger partial charge in [0, 0.05) is 12.5 Å². The summed E-state index contributed by atoms with van der Waals surface area (Å²) in [5.74, 6) is -2.88. The van der Waals surface area contributed by atoms with Gasteiger partial charge in [-0.25, -0.2) is 8.78 Å². The molecule has 4 heteroatoms. The Labute approximate surface area is 124 Å². The fraction of sp³-hybridized carbons (Fsp3) is 0.529. The molecular formula is C17H21F2NO. The van der Waals surface area contributed by atoms with Gasteiger partial charge in [-0.3, -0.25) is 4.79 Å². The molecule has 0 saturated carbocycles. The first-order chi connectivity index (χ1) is 10.1. The molecule has 0 saturated heterocycles. The summed E-state index contributed by atoms with van der Waals surface area (Å²) < 4.78 is 26.3. The maximum absolute atomic E-state index is 13.2. The Hall–Kier alpha value is -1.76. The van der Waals surface area contributed by atoms with Crippen molar-refractivity contribution in [3.05, 3.63) is 35.4 Å². The molecule has 0 amide bonds. The molecule has 114 valence electrons. The lowest BCUT2D eigenvalue weighted by Gasteiger charge is -2.09. The smallest absolute Gasteiger partial charge is 0.154 e. The van der Waals surface area contributed by atoms with Gasteiger partial charge in [-0.1, -0.05) is 39.0 Å². The van der Waals surface area contributed by atoms with Crippen molar-refractivity contribution in [2.24, 2.45) is 0 Å². The fourth-order valence-electron chi connectivity index (χ4n) is 2.30. The second-order valence-electron chi connectivity index (χ2n) is 5.25. The van der Waals surface area contributed by atoms with Crippen LogP contribution in [-0.2, 0) is 4.79 Å². The average molecular weight is 293 g/mol. The monoisotopic (exact) mass is 293 g/mol. The predicted molar refractivity (Wildman–Crippen MR) is 77.7 cm³/mol. The molecule has 0 heterocycles. The van der Waals surface area contributed by atoms with Crippen LogP contribution in [0.4, 0.5) is 8.78 Å². The summed E-state index contributed by atoms with van der Waals surface area (Å²) in [6, 6.07) is 4.69. The Morgan fingerprint density at radius 1 is 1.10 bits per heavy atom. The summed E-state index contributed by atoms with van der Waals surface area (Å²) in [6.07, 6.45) is 6.54. The quantitative estimate of drug-likeness (QED) is 0.608. The topological polar surface area (TPSA) is 40.9 Å². The molecule has 0 bridgehead atoms. The standard InChI is InChI=1S/C17H21F2NO/c1-2-3-4-5-6-7-8-17(21)16(12-20)13-9-14(18)11-15(19)10-13/h9-11,16H,2-8H2,1H3. The van der Waals surface area contributed by atoms with Gasteiger partial charge >= 0.3 is 0 Å². The van der Waals surface area contributed by atoms with Gasteiger partial charge in [0.25, 0.3) is 0 Å². The van der Waals surface area contributed by atoms with Crippen LogP contribution in [0.15, 0.2) is 18.2 Å². The maximum Gasteiger partial charge on any atom is 0.154 e. The predicted octanol–water partition coefficient (Wildman–Crippen LogP) is 4.89. The molecule has 0 N–H and O–H groups in total. The molecule has 0 spiro atoms. The van der Waals surface area contributed by atoms with E-state index in [1.54, 1.807) is 0 Å². The molecule has 21 heavy (non-hydrogen) atoms. The molecular weight excluding hydrogens is 272 g/mol. The first-order valence-corrected chi connectivity index (χ1v) is 7.46. The number of benzene rings is 1. The number of carbonyl (C=O) groups is 1. The number of unbranched alkanes of at least 4 members (excludes halogenated alkanes) is 5. The van der Waals surface area contributed by atoms with Crippen LogP contribution in [0.1, 0.15) is 63.4 Å². The Kier molecular flexibility index (Phi) is 7.60. The molecule has 0 aliphatic carbocycles. The van der Waals surface area contributed by atoms with Crippen molar-refractivity contribution < 1.29 is 13.6 Å². The fourth-order valence-corrected chi connectivity index (χ4v) is 2.30. The third kappa shape index (κ3) is 6.03. The minimum Gasteiger partial charge on any atom is -0.298 e. The molecule has 2 nitrogen and oxygen atoms in total. The van der Waals surface area contributed by atoms with E-state index in [0.29, 0.717) is 0 Å². The van der Waals surface area contributed by atoms with Gasteiger partial charge in [-0.15, -0.1) is 0 Å². The van der Waals surface area contributed by atoms with Gasteiger partial charge < -0.3 is 0 Å². The van der Waals surface area contributed by atoms with E-state index in [9.17, 15) is 13.6 Å². The minimum absolute atomic E-state index is 0.103. The Morgan fingerprint density at radius 3 is 2.24 bits per heavy atom. The van der Waals surface area contributed by atoms with Crippen LogP contribution in [0.25, 0.3) is 0 Å². The van der Waals surface area contributed by atoms with Crippen LogP contribution in [0.3, 0.4) is 0 Å². The number of nitriles is 1. The van der Waals surface area contributed by atoms with E-state index < -0.39 is 17.6 Å². The molecule has 0 aliphatic rings. The van der Waals surface area contributed by atoms with E-state index in [1.165, 1.54) is 12.8 Å². The summed E-state index contributed by atoms with van der Waals surface area (Å²) in [7, 11) is 0. The highest BCUT2D eigenvalue weighted by atomic mass is 19.1. The lowest BCUT2D eigenvalue weighted by Crippen LogP contribution is -2.11. The Morgan fingerprint density at radius 2 is 1.67 bits per heavy atom. The molecule has 0 fully saturated rings. The van der Waals surface area contributed by atoms with E-state index in [2.05, 4.69) is 6.92 Å². The van der Waals surface area contributed by atoms with Gasteiger partial charge in [0.1, 0.15) is 17.6 Å². The minimum atomic E-state index is -1.08. The zero-order valence-corrected chi connectivity index (χ0v) is 12.4. The van der Waals surface area contributed by atoms with Crippen LogP contribution in [0, 0.1) is 23.0 Å². The Balaban J connectivity index is 2.52. The molecule has 1 atom stereocenters. The maximum atomic E-state index is 13.2. The normalized spacial score (nSPS) is 11.9. The van der Waals surface area contributed by atoms with Gasteiger partial charge in [0.2, 0.25) is 0 Å². The largest absolute Gasteiger partial charge is 0.298 e. The third-order valence-corrected chi connectivity index (χ3v) is 3.45. The number of Topliss-reactive ketones (excluding diaryl/α,β-unsaturated/α-hetero) is 1. The van der Waals surface area contributed by atoms with Crippen molar-refractivity contribution >= 4 is 5.78 Å². The van der Waals surface area contributed by atoms with E-state index in [-0.39, 0.29) is 17.8 Å². The lowest BCUT2D eigenvalue weighted by molar-refractivity contribution is -0.119. The highest BCUT2D eigenvalue weighted by Gasteiger charge is 2.20. The van der Waals surface area contributed by atoms with Crippen molar-refractivity contribution in [1.82, 2.24) is 0 Å². The van der Waals surface area contributed by atoms with Crippen LogP contribution in [0.5, 0.6) is 0 Å². The molecule has 1 aromatic carbocycles. The average Bonchev–Trinajstić information content (AvgIpc) is 2.42. The lowest BCUT2D eigenvalue weighted by atomic mass is 9.92. The van der Waals surface area contributed by atoms with Crippen molar-refractivity contribution in [1.29, 1.82) is 5.26 Å². The number of halogens is 2. The van der Waals surface area contributed by atoms with Crippen molar-refractivity contribution in [3.63, 3.8) is 0 Å². The summed E-state index contributed by atoms with van der Waals surface area (Å²) in [5, 5.41) is 9.09. The zero-order chi connectivity index (χ0) is 15.7. The summed E-state index contributed by atoms with van der Waals surface area (Å²) in [6.45, 7) is 2.14. The summed E-state index contributed by atoms with van der Waals surface area (Å²) in [5.41, 5.74) is 0.103. The third-order valence-electron chi connectivity index (χ3n) is 3.45. The van der Waals surface area contributed by atoms with Crippen LogP contribution < -0.4 is 0 Å². The summed E-state index contributed by atoms with van der Waals surface area (Å²) in [4.78, 5) is 12.0. The van der Waals surface area contributed by atoms with Crippen molar-refractivity contribution in [2.45, 2.75) is 57.8 Å². The molecule has 0 aliphatic heterocycles. The SMILES string of the molecule is CCCCCCCCC(=O)C(C#N)c1cc(F)cc(F)c1. The molecule has 1 unspecified atom stereocenters. The van der Waals surface area contributed by atoms with E-state index in [1.807, 2.05) is 6.07 Å². The number of rotatable bonds is 9. The van der Waals surface area contributed by atoms with Gasteiger partial charge in [0.15, 0.2) is 5.78 Å². The molecule has 1 aromatic rings. The van der Waals surface area contributed by atoms with Crippen molar-refractivity contribution in [3.8, 4) is 6.07 Å². The Bertz CT molecular complexity index is 488. The number of nitrogens with zero attached hydrogens (tertiary/aromatic N) is 1. The molecule has 0 aromatic heterocycles. The van der Waals surface area contributed by atoms with Crippen LogP contribution >= 0.6 is 0 Å². The van der Waals surface area contributed by atoms with E-state index >= 15 is 0 Å². The number of hydrogen-bond donors (Lipinski definition) is 0. The van der Waals surface area contributed by atoms with Gasteiger partial charge in [-0.2, -0.15) is 5.26 Å². The van der Waals surface area contributed by atoms with Crippen LogP contribution in [0.2, 0.25) is 0 Å². The second-order valence-corrected chi connectivity index (χ2v) is 5.25. The molecule has 1 rings (SSSR count). The number of carbonyl (C=O) groups excluding carboxylic acids is 1. The first-order valence-electron chi connectivity index (χ1n) is 7.46. The summed E-state index contributed by atoms with van der Waals surface area (Å²) >= 11 is 0. The van der Waals surface area contributed by atoms with Crippen LogP contribution in [-0.4, -0.2) is 5.78 Å². The zero-order valence-electron chi connectivity index (χ0n) is 12.4. The second kappa shape index (κ2) is 9.23. The van der Waals surface area contributed by atoms with Crippen molar-refractivity contribution in [2.75, 3.05) is 0 Å². The van der Waals surface area contributed by atoms with Gasteiger partial charge in [-0.05, 0) is 24.1 Å². The highest BCUT2D eigenvalue weighted by molar-refractivity contribution is 5.88. The number of hydrogen-bond acceptors (Lipinski definition) is 2. The van der Waals surface area contributed by atoms with Gasteiger partial charge in [0.05, 0.1) is 6.07 Å². The highest BCUT2D eigenvalue weighted by Crippen LogP contribution is 2.21. The van der Waals surface area contributed by atoms with E-state index in [0.717, 1.165) is 43.9 Å². The number of ketones is 1. The van der Waals surface area contributed by atoms with E-state index in [4.69, 9.17) is 5.26 Å². The first kappa shape index (κ1) is 17.3. The molecule has 0 radical (unpaired) electrons.